The Morgan fingerprint density at radius 1 is 1.69 bits per heavy atom. The first-order chi connectivity index (χ1) is 7.72. The number of nitrogens with zero attached hydrogens (tertiary/aromatic N) is 1. The van der Waals surface area contributed by atoms with Gasteiger partial charge in [0, 0.05) is 24.7 Å². The molecule has 0 spiro atoms. The summed E-state index contributed by atoms with van der Waals surface area (Å²) in [5.74, 6) is -0.276. The molecule has 1 aliphatic rings. The minimum Gasteiger partial charge on any atom is -0.466 e. The Hall–Kier alpha value is -1.84. The van der Waals surface area contributed by atoms with E-state index in [-0.39, 0.29) is 17.7 Å². The number of ether oxygens (including phenoxy) is 1. The van der Waals surface area contributed by atoms with Gasteiger partial charge in [-0.1, -0.05) is 6.08 Å². The number of aromatic nitrogens is 1. The highest BCUT2D eigenvalue weighted by Gasteiger charge is 2.28. The average Bonchev–Trinajstić information content (AvgIpc) is 2.83. The van der Waals surface area contributed by atoms with E-state index in [1.807, 2.05) is 22.9 Å². The molecule has 1 aromatic rings. The molecule has 0 bridgehead atoms. The molecule has 0 fully saturated rings. The summed E-state index contributed by atoms with van der Waals surface area (Å²) < 4.78 is 6.42. The number of rotatable bonds is 3. The van der Waals surface area contributed by atoms with Crippen LogP contribution in [-0.2, 0) is 16.1 Å². The zero-order valence-electron chi connectivity index (χ0n) is 9.05. The second-order valence-electron chi connectivity index (χ2n) is 3.77. The fraction of sp³-hybridized carbons (Fsp3) is 0.333. The number of esters is 1. The summed E-state index contributed by atoms with van der Waals surface area (Å²) in [6.45, 7) is 0.701. The highest BCUT2D eigenvalue weighted by atomic mass is 16.5. The van der Waals surface area contributed by atoms with Gasteiger partial charge in [-0.25, -0.2) is 4.79 Å². The smallest absolute Gasteiger partial charge is 0.330 e. The van der Waals surface area contributed by atoms with Crippen LogP contribution in [0, 0.1) is 5.92 Å². The van der Waals surface area contributed by atoms with Crippen LogP contribution in [0.4, 0.5) is 0 Å². The van der Waals surface area contributed by atoms with Gasteiger partial charge < -0.3 is 9.30 Å². The summed E-state index contributed by atoms with van der Waals surface area (Å²) in [5.41, 5.74) is 0.761. The lowest BCUT2D eigenvalue weighted by Crippen LogP contribution is -2.08. The van der Waals surface area contributed by atoms with E-state index in [9.17, 15) is 9.59 Å². The fourth-order valence-electron chi connectivity index (χ4n) is 1.90. The van der Waals surface area contributed by atoms with E-state index in [4.69, 9.17) is 0 Å². The molecular formula is C12H13NO3. The second kappa shape index (κ2) is 4.35. The number of methoxy groups -OCH3 is 1. The van der Waals surface area contributed by atoms with Crippen molar-refractivity contribution in [1.29, 1.82) is 0 Å². The fourth-order valence-corrected chi connectivity index (χ4v) is 1.90. The van der Waals surface area contributed by atoms with Gasteiger partial charge >= 0.3 is 5.97 Å². The molecule has 1 unspecified atom stereocenters. The molecule has 84 valence electrons. The van der Waals surface area contributed by atoms with Crippen LogP contribution in [0.2, 0.25) is 0 Å². The molecule has 0 saturated heterocycles. The van der Waals surface area contributed by atoms with E-state index in [0.717, 1.165) is 5.69 Å². The largest absolute Gasteiger partial charge is 0.466 e. The van der Waals surface area contributed by atoms with Gasteiger partial charge in [-0.15, -0.1) is 0 Å². The van der Waals surface area contributed by atoms with Crippen LogP contribution in [-0.4, -0.2) is 23.4 Å². The van der Waals surface area contributed by atoms with Crippen molar-refractivity contribution in [3.8, 4) is 0 Å². The molecule has 1 atom stereocenters. The number of carbonyl (C=O) groups excluding carboxylic acids is 2. The predicted molar refractivity (Wildman–Crippen MR) is 58.0 cm³/mol. The number of fused-ring (bicyclic) bond motifs is 1. The van der Waals surface area contributed by atoms with E-state index in [0.29, 0.717) is 13.0 Å². The molecule has 2 rings (SSSR count). The minimum atomic E-state index is -0.384. The van der Waals surface area contributed by atoms with E-state index >= 15 is 0 Å². The van der Waals surface area contributed by atoms with Crippen LogP contribution in [0.1, 0.15) is 16.9 Å². The van der Waals surface area contributed by atoms with Crippen molar-refractivity contribution in [2.45, 2.75) is 13.0 Å². The lowest BCUT2D eigenvalue weighted by Gasteiger charge is -2.02. The molecule has 1 aliphatic heterocycles. The molecule has 0 saturated carbocycles. The lowest BCUT2D eigenvalue weighted by molar-refractivity contribution is -0.134. The van der Waals surface area contributed by atoms with Crippen molar-refractivity contribution < 1.29 is 14.3 Å². The van der Waals surface area contributed by atoms with Crippen LogP contribution in [0.25, 0.3) is 0 Å². The topological polar surface area (TPSA) is 48.3 Å². The van der Waals surface area contributed by atoms with Crippen molar-refractivity contribution in [2.24, 2.45) is 5.92 Å². The van der Waals surface area contributed by atoms with Gasteiger partial charge in [0.2, 0.25) is 0 Å². The number of carbonyl (C=O) groups is 2. The Morgan fingerprint density at radius 2 is 2.50 bits per heavy atom. The first-order valence-electron chi connectivity index (χ1n) is 5.16. The Bertz CT molecular complexity index is 445. The van der Waals surface area contributed by atoms with E-state index < -0.39 is 0 Å². The van der Waals surface area contributed by atoms with Gasteiger partial charge in [0.15, 0.2) is 5.78 Å². The summed E-state index contributed by atoms with van der Waals surface area (Å²) in [6, 6.07) is 3.69. The molecule has 4 nitrogen and oxygen atoms in total. The normalized spacial score (nSPS) is 19.1. The van der Waals surface area contributed by atoms with Crippen LogP contribution >= 0.6 is 0 Å². The maximum absolute atomic E-state index is 11.8. The lowest BCUT2D eigenvalue weighted by atomic mass is 10.0. The Labute approximate surface area is 93.5 Å². The molecule has 0 aromatic carbocycles. The van der Waals surface area contributed by atoms with Crippen LogP contribution < -0.4 is 0 Å². The number of hydrogen-bond acceptors (Lipinski definition) is 3. The number of allylic oxidation sites excluding steroid dienone is 1. The summed E-state index contributed by atoms with van der Waals surface area (Å²) in [6.07, 6.45) is 5.54. The summed E-state index contributed by atoms with van der Waals surface area (Å²) in [7, 11) is 1.33. The van der Waals surface area contributed by atoms with Crippen LogP contribution in [0.3, 0.4) is 0 Å². The van der Waals surface area contributed by atoms with Crippen molar-refractivity contribution >= 4 is 11.8 Å². The van der Waals surface area contributed by atoms with E-state index in [1.54, 1.807) is 6.08 Å². The van der Waals surface area contributed by atoms with Gasteiger partial charge in [0.25, 0.3) is 0 Å². The van der Waals surface area contributed by atoms with Crippen molar-refractivity contribution in [3.05, 3.63) is 36.2 Å². The molecule has 1 aromatic heterocycles. The van der Waals surface area contributed by atoms with Gasteiger partial charge in [-0.05, 0) is 18.6 Å². The van der Waals surface area contributed by atoms with Gasteiger partial charge in [0.1, 0.15) is 0 Å². The third-order valence-corrected chi connectivity index (χ3v) is 2.75. The van der Waals surface area contributed by atoms with Crippen LogP contribution in [0.5, 0.6) is 0 Å². The standard InChI is InChI=1S/C12H13NO3/c1-16-11(14)6-2-4-9-8-13-7-3-5-10(13)12(9)15/h2-3,5-7,9H,4,8H2,1H3/b6-2+. The predicted octanol–water partition coefficient (Wildman–Crippen LogP) is 1.42. The Kier molecular flexibility index (Phi) is 2.90. The SMILES string of the molecule is COC(=O)/C=C/CC1Cn2cccc2C1=O. The van der Waals surface area contributed by atoms with E-state index in [1.165, 1.54) is 13.2 Å². The zero-order chi connectivity index (χ0) is 11.5. The minimum absolute atomic E-state index is 0.0443. The second-order valence-corrected chi connectivity index (χ2v) is 3.77. The van der Waals surface area contributed by atoms with Crippen molar-refractivity contribution in [2.75, 3.05) is 7.11 Å². The summed E-state index contributed by atoms with van der Waals surface area (Å²) in [4.78, 5) is 22.7. The molecule has 0 N–H and O–H groups in total. The number of hydrogen-bond donors (Lipinski definition) is 0. The molecule has 0 amide bonds. The Balaban J connectivity index is 1.95. The molecule has 0 radical (unpaired) electrons. The first-order valence-corrected chi connectivity index (χ1v) is 5.16. The maximum atomic E-state index is 11.8. The molecule has 4 heteroatoms. The molecular weight excluding hydrogens is 206 g/mol. The summed E-state index contributed by atoms with van der Waals surface area (Å²) >= 11 is 0. The quantitative estimate of drug-likeness (QED) is 0.570. The summed E-state index contributed by atoms with van der Waals surface area (Å²) in [5, 5.41) is 0. The van der Waals surface area contributed by atoms with Gasteiger partial charge in [-0.3, -0.25) is 4.79 Å². The monoisotopic (exact) mass is 219 g/mol. The maximum Gasteiger partial charge on any atom is 0.330 e. The molecule has 16 heavy (non-hydrogen) atoms. The molecule has 2 heterocycles. The van der Waals surface area contributed by atoms with E-state index in [2.05, 4.69) is 4.74 Å². The Morgan fingerprint density at radius 3 is 3.19 bits per heavy atom. The average molecular weight is 219 g/mol. The van der Waals surface area contributed by atoms with Crippen molar-refractivity contribution in [1.82, 2.24) is 4.57 Å². The number of Topliss-reactive ketones (excluding diaryl/α,β-unsaturated/α-hetero) is 1. The van der Waals surface area contributed by atoms with Gasteiger partial charge in [-0.2, -0.15) is 0 Å². The number of ketones is 1. The van der Waals surface area contributed by atoms with Gasteiger partial charge in [0.05, 0.1) is 12.8 Å². The highest BCUT2D eigenvalue weighted by molar-refractivity contribution is 5.98. The first kappa shape index (κ1) is 10.7. The highest BCUT2D eigenvalue weighted by Crippen LogP contribution is 2.23. The zero-order valence-corrected chi connectivity index (χ0v) is 9.05. The van der Waals surface area contributed by atoms with Crippen LogP contribution in [0.15, 0.2) is 30.5 Å². The van der Waals surface area contributed by atoms with Crippen molar-refractivity contribution in [3.63, 3.8) is 0 Å². The molecule has 0 aliphatic carbocycles. The third-order valence-electron chi connectivity index (χ3n) is 2.75. The third kappa shape index (κ3) is 1.91.